The van der Waals surface area contributed by atoms with E-state index in [-0.39, 0.29) is 17.1 Å². The third kappa shape index (κ3) is 5.30. The molecule has 0 spiro atoms. The summed E-state index contributed by atoms with van der Waals surface area (Å²) >= 11 is 1.45. The SMILES string of the molecule is Nc1nc(SCC[NH+]2CCCCC2)[nH]c(=O)c1NC(=O)c1ccc(F)cc1. The largest absolute Gasteiger partial charge is 0.382 e. The highest BCUT2D eigenvalue weighted by atomic mass is 32.2. The van der Waals surface area contributed by atoms with Crippen LogP contribution >= 0.6 is 11.8 Å². The zero-order chi connectivity index (χ0) is 19.2. The average Bonchev–Trinajstić information content (AvgIpc) is 2.66. The van der Waals surface area contributed by atoms with Crippen LogP contribution in [0.1, 0.15) is 29.6 Å². The summed E-state index contributed by atoms with van der Waals surface area (Å²) in [4.78, 5) is 32.9. The number of hydrogen-bond donors (Lipinski definition) is 4. The minimum absolute atomic E-state index is 0.0398. The van der Waals surface area contributed by atoms with Crippen molar-refractivity contribution in [1.29, 1.82) is 0 Å². The lowest BCUT2D eigenvalue weighted by atomic mass is 10.1. The predicted octanol–water partition coefficient (Wildman–Crippen LogP) is 0.904. The number of hydrogen-bond acceptors (Lipinski definition) is 5. The van der Waals surface area contributed by atoms with Gasteiger partial charge in [-0.3, -0.25) is 14.6 Å². The first-order valence-corrected chi connectivity index (χ1v) is 9.94. The van der Waals surface area contributed by atoms with Gasteiger partial charge in [0.15, 0.2) is 11.0 Å². The molecule has 0 bridgehead atoms. The van der Waals surface area contributed by atoms with Crippen LogP contribution in [0.3, 0.4) is 0 Å². The van der Waals surface area contributed by atoms with Crippen LogP contribution in [-0.2, 0) is 0 Å². The number of aromatic amines is 1. The molecule has 1 amide bonds. The Bertz CT molecular complexity index is 850. The minimum atomic E-state index is -0.553. The number of H-pyrrole nitrogens is 1. The van der Waals surface area contributed by atoms with Gasteiger partial charge in [0.2, 0.25) is 0 Å². The van der Waals surface area contributed by atoms with Crippen molar-refractivity contribution in [3.63, 3.8) is 0 Å². The number of thioether (sulfide) groups is 1. The maximum atomic E-state index is 12.9. The maximum absolute atomic E-state index is 12.9. The van der Waals surface area contributed by atoms with E-state index in [0.29, 0.717) is 5.16 Å². The predicted molar refractivity (Wildman–Crippen MR) is 104 cm³/mol. The molecular weight excluding hydrogens is 369 g/mol. The van der Waals surface area contributed by atoms with E-state index < -0.39 is 17.3 Å². The van der Waals surface area contributed by atoms with Gasteiger partial charge in [0, 0.05) is 5.56 Å². The summed E-state index contributed by atoms with van der Waals surface area (Å²) in [7, 11) is 0. The first-order valence-electron chi connectivity index (χ1n) is 8.96. The van der Waals surface area contributed by atoms with Gasteiger partial charge in [-0.05, 0) is 43.5 Å². The number of likely N-dealkylation sites (tertiary alicyclic amines) is 1. The molecule has 144 valence electrons. The Hall–Kier alpha value is -2.39. The minimum Gasteiger partial charge on any atom is -0.382 e. The van der Waals surface area contributed by atoms with E-state index in [1.165, 1.54) is 68.4 Å². The summed E-state index contributed by atoms with van der Waals surface area (Å²) in [5, 5.41) is 2.88. The molecular formula is C18H23FN5O2S+. The lowest BCUT2D eigenvalue weighted by molar-refractivity contribution is -0.902. The third-order valence-corrected chi connectivity index (χ3v) is 5.40. The van der Waals surface area contributed by atoms with E-state index in [2.05, 4.69) is 15.3 Å². The number of nitrogens with one attached hydrogen (secondary N) is 3. The molecule has 1 fully saturated rings. The molecule has 7 nitrogen and oxygen atoms in total. The molecule has 1 aromatic heterocycles. The number of carbonyl (C=O) groups is 1. The fraction of sp³-hybridized carbons (Fsp3) is 0.389. The molecule has 2 heterocycles. The number of benzene rings is 1. The van der Waals surface area contributed by atoms with E-state index >= 15 is 0 Å². The second kappa shape index (κ2) is 9.01. The average molecular weight is 392 g/mol. The molecule has 9 heteroatoms. The number of anilines is 2. The van der Waals surface area contributed by atoms with Gasteiger partial charge in [-0.1, -0.05) is 11.8 Å². The van der Waals surface area contributed by atoms with Gasteiger partial charge in [-0.25, -0.2) is 9.37 Å². The number of amides is 1. The monoisotopic (exact) mass is 392 g/mol. The Balaban J connectivity index is 1.61. The van der Waals surface area contributed by atoms with Gasteiger partial charge < -0.3 is 16.0 Å². The Morgan fingerprint density at radius 2 is 1.96 bits per heavy atom. The summed E-state index contributed by atoms with van der Waals surface area (Å²) in [5.74, 6) is -0.206. The van der Waals surface area contributed by atoms with Gasteiger partial charge in [-0.2, -0.15) is 0 Å². The topological polar surface area (TPSA) is 105 Å². The van der Waals surface area contributed by atoms with E-state index in [0.717, 1.165) is 12.3 Å². The van der Waals surface area contributed by atoms with Crippen molar-refractivity contribution in [2.75, 3.05) is 36.4 Å². The van der Waals surface area contributed by atoms with Crippen molar-refractivity contribution >= 4 is 29.2 Å². The molecule has 5 N–H and O–H groups in total. The van der Waals surface area contributed by atoms with E-state index in [1.807, 2.05) is 0 Å². The molecule has 0 unspecified atom stereocenters. The Kier molecular flexibility index (Phi) is 6.46. The summed E-state index contributed by atoms with van der Waals surface area (Å²) in [6.07, 6.45) is 3.85. The standard InChI is InChI=1S/C18H22FN5O2S/c19-13-6-4-12(5-7-13)16(25)21-14-15(20)22-18(23-17(14)26)27-11-10-24-8-2-1-3-9-24/h4-7H,1-3,8-11H2,(H,21,25)(H3,20,22,23,26)/p+1. The fourth-order valence-corrected chi connectivity index (χ4v) is 3.95. The number of rotatable bonds is 6. The van der Waals surface area contributed by atoms with Crippen LogP contribution in [-0.4, -0.2) is 41.3 Å². The van der Waals surface area contributed by atoms with Gasteiger partial charge >= 0.3 is 0 Å². The Labute approximate surface area is 160 Å². The smallest absolute Gasteiger partial charge is 0.277 e. The molecule has 27 heavy (non-hydrogen) atoms. The quantitative estimate of drug-likeness (QED) is 0.432. The molecule has 1 aliphatic heterocycles. The second-order valence-corrected chi connectivity index (χ2v) is 7.59. The van der Waals surface area contributed by atoms with Crippen LogP contribution < -0.4 is 21.5 Å². The van der Waals surface area contributed by atoms with Crippen LogP contribution in [0, 0.1) is 5.82 Å². The molecule has 0 radical (unpaired) electrons. The van der Waals surface area contributed by atoms with Crippen LogP contribution in [0.15, 0.2) is 34.2 Å². The molecule has 0 atom stereocenters. The molecule has 2 aromatic rings. The van der Waals surface area contributed by atoms with Crippen molar-refractivity contribution in [1.82, 2.24) is 9.97 Å². The van der Waals surface area contributed by atoms with Crippen LogP contribution in [0.4, 0.5) is 15.9 Å². The highest BCUT2D eigenvalue weighted by Crippen LogP contribution is 2.17. The maximum Gasteiger partial charge on any atom is 0.277 e. The Morgan fingerprint density at radius 3 is 2.63 bits per heavy atom. The molecule has 0 saturated carbocycles. The highest BCUT2D eigenvalue weighted by molar-refractivity contribution is 7.99. The van der Waals surface area contributed by atoms with E-state index in [9.17, 15) is 14.0 Å². The van der Waals surface area contributed by atoms with Crippen LogP contribution in [0.5, 0.6) is 0 Å². The lowest BCUT2D eigenvalue weighted by Crippen LogP contribution is -3.13. The highest BCUT2D eigenvalue weighted by Gasteiger charge is 2.16. The van der Waals surface area contributed by atoms with Crippen LogP contribution in [0.2, 0.25) is 0 Å². The molecule has 1 aliphatic rings. The van der Waals surface area contributed by atoms with Gasteiger partial charge in [-0.15, -0.1) is 0 Å². The number of nitrogens with zero attached hydrogens (tertiary/aromatic N) is 1. The number of quaternary nitrogens is 1. The number of aromatic nitrogens is 2. The lowest BCUT2D eigenvalue weighted by Gasteiger charge is -2.23. The molecule has 1 saturated heterocycles. The number of halogens is 1. The number of piperidine rings is 1. The van der Waals surface area contributed by atoms with Gasteiger partial charge in [0.25, 0.3) is 11.5 Å². The fourth-order valence-electron chi connectivity index (χ4n) is 3.04. The van der Waals surface area contributed by atoms with Crippen molar-refractivity contribution in [2.24, 2.45) is 0 Å². The van der Waals surface area contributed by atoms with Gasteiger partial charge in [0.05, 0.1) is 25.4 Å². The zero-order valence-electron chi connectivity index (χ0n) is 14.9. The van der Waals surface area contributed by atoms with E-state index in [4.69, 9.17) is 5.73 Å². The third-order valence-electron chi connectivity index (χ3n) is 4.53. The molecule has 0 aliphatic carbocycles. The van der Waals surface area contributed by atoms with Crippen LogP contribution in [0.25, 0.3) is 0 Å². The first-order chi connectivity index (χ1) is 13.0. The van der Waals surface area contributed by atoms with Gasteiger partial charge in [0.1, 0.15) is 11.5 Å². The van der Waals surface area contributed by atoms with Crippen molar-refractivity contribution < 1.29 is 14.1 Å². The van der Waals surface area contributed by atoms with E-state index in [1.54, 1.807) is 4.90 Å². The number of nitrogens with two attached hydrogens (primary N) is 1. The van der Waals surface area contributed by atoms with Crippen molar-refractivity contribution in [3.05, 3.63) is 46.0 Å². The number of carbonyl (C=O) groups excluding carboxylic acids is 1. The summed E-state index contributed by atoms with van der Waals surface area (Å²) in [6, 6.07) is 5.00. The van der Waals surface area contributed by atoms with Crippen molar-refractivity contribution in [2.45, 2.75) is 24.4 Å². The molecule has 1 aromatic carbocycles. The Morgan fingerprint density at radius 1 is 1.26 bits per heavy atom. The normalized spacial score (nSPS) is 14.9. The zero-order valence-corrected chi connectivity index (χ0v) is 15.7. The summed E-state index contributed by atoms with van der Waals surface area (Å²) in [6.45, 7) is 3.40. The first kappa shape index (κ1) is 19.4. The number of nitrogen functional groups attached to an aromatic ring is 1. The summed E-state index contributed by atoms with van der Waals surface area (Å²) in [5.41, 5.74) is 5.47. The van der Waals surface area contributed by atoms with Crippen molar-refractivity contribution in [3.8, 4) is 0 Å². The summed E-state index contributed by atoms with van der Waals surface area (Å²) < 4.78 is 12.9. The molecule has 3 rings (SSSR count). The second-order valence-electron chi connectivity index (χ2n) is 6.50.